The van der Waals surface area contributed by atoms with Crippen LogP contribution in [0.25, 0.3) is 11.2 Å². The first-order valence-corrected chi connectivity index (χ1v) is 15.4. The molecule has 222 valence electrons. The van der Waals surface area contributed by atoms with Gasteiger partial charge in [0.1, 0.15) is 11.3 Å². The lowest BCUT2D eigenvalue weighted by Gasteiger charge is -2.33. The van der Waals surface area contributed by atoms with Crippen molar-refractivity contribution in [3.63, 3.8) is 0 Å². The van der Waals surface area contributed by atoms with Crippen molar-refractivity contribution in [3.05, 3.63) is 59.9 Å². The molecule has 0 radical (unpaired) electrons. The monoisotopic (exact) mass is 567 g/mol. The number of nitrogens with zero attached hydrogens (tertiary/aromatic N) is 6. The zero-order valence-electron chi connectivity index (χ0n) is 26.2. The van der Waals surface area contributed by atoms with Crippen LogP contribution in [0.2, 0.25) is 0 Å². The summed E-state index contributed by atoms with van der Waals surface area (Å²) in [6.45, 7) is 16.1. The third kappa shape index (κ3) is 5.51. The Hall–Kier alpha value is -3.81. The van der Waals surface area contributed by atoms with Gasteiger partial charge in [-0.1, -0.05) is 39.3 Å². The second-order valence-electron chi connectivity index (χ2n) is 13.4. The van der Waals surface area contributed by atoms with Crippen LogP contribution in [0.1, 0.15) is 71.0 Å². The number of nitrogens with one attached hydrogen (secondary N) is 1. The van der Waals surface area contributed by atoms with Gasteiger partial charge >= 0.3 is 0 Å². The van der Waals surface area contributed by atoms with E-state index >= 15 is 0 Å². The molecule has 2 atom stereocenters. The van der Waals surface area contributed by atoms with Crippen LogP contribution in [0.3, 0.4) is 0 Å². The minimum atomic E-state index is 0.0512. The molecule has 0 aliphatic carbocycles. The average Bonchev–Trinajstić information content (AvgIpc) is 3.17. The molecular weight excluding hydrogens is 522 g/mol. The smallest absolute Gasteiger partial charge is 0.229 e. The standard InChI is InChI=1S/C34H45N7O/c1-22(2)41-21-35-31-30(41)32(36-29-17-25(34(4,5)6)12-11-23(29)3)38-33(37-31)39-18-24-9-8-10-27(20-39)40(19-24)26-13-15-28(42-7)16-14-26/h11-17,21-22,24,27H,8-10,18-20H2,1-7H3,(H,36,37,38). The summed E-state index contributed by atoms with van der Waals surface area (Å²) in [5.74, 6) is 3.01. The molecule has 0 saturated carbocycles. The molecule has 2 bridgehead atoms. The quantitative estimate of drug-likeness (QED) is 0.263. The number of hydrogen-bond acceptors (Lipinski definition) is 7. The zero-order valence-corrected chi connectivity index (χ0v) is 26.2. The van der Waals surface area contributed by atoms with Gasteiger partial charge in [-0.3, -0.25) is 0 Å². The van der Waals surface area contributed by atoms with Gasteiger partial charge in [0.15, 0.2) is 11.5 Å². The third-order valence-corrected chi connectivity index (χ3v) is 8.97. The maximum absolute atomic E-state index is 5.42. The Labute approximate surface area is 250 Å². The molecule has 2 saturated heterocycles. The Kier molecular flexibility index (Phi) is 7.50. The van der Waals surface area contributed by atoms with Gasteiger partial charge in [-0.05, 0) is 86.4 Å². The van der Waals surface area contributed by atoms with E-state index in [-0.39, 0.29) is 11.5 Å². The number of methoxy groups -OCH3 is 1. The van der Waals surface area contributed by atoms with E-state index in [4.69, 9.17) is 19.7 Å². The molecule has 42 heavy (non-hydrogen) atoms. The van der Waals surface area contributed by atoms with Crippen LogP contribution in [0, 0.1) is 12.8 Å². The summed E-state index contributed by atoms with van der Waals surface area (Å²) in [5.41, 5.74) is 6.55. The van der Waals surface area contributed by atoms with Crippen molar-refractivity contribution in [2.75, 3.05) is 41.9 Å². The van der Waals surface area contributed by atoms with E-state index in [1.807, 2.05) is 6.33 Å². The van der Waals surface area contributed by atoms with Gasteiger partial charge in [-0.2, -0.15) is 9.97 Å². The number of benzene rings is 2. The first kappa shape index (κ1) is 28.3. The van der Waals surface area contributed by atoms with Gasteiger partial charge in [0, 0.05) is 43.1 Å². The minimum Gasteiger partial charge on any atom is -0.497 e. The number of fused-ring (bicyclic) bond motifs is 4. The van der Waals surface area contributed by atoms with E-state index in [0.717, 1.165) is 60.4 Å². The van der Waals surface area contributed by atoms with Crippen LogP contribution in [0.5, 0.6) is 5.75 Å². The SMILES string of the molecule is COc1ccc(N2CC3CCCC2CN(c2nc(Nc4cc(C(C)(C)C)ccc4C)c4c(ncn4C(C)C)n2)C3)cc1. The first-order chi connectivity index (χ1) is 20.1. The minimum absolute atomic E-state index is 0.0512. The molecule has 4 aromatic rings. The van der Waals surface area contributed by atoms with Gasteiger partial charge in [0.25, 0.3) is 0 Å². The Morgan fingerprint density at radius 2 is 1.76 bits per heavy atom. The van der Waals surface area contributed by atoms with Gasteiger partial charge in [0.2, 0.25) is 5.95 Å². The van der Waals surface area contributed by atoms with Crippen LogP contribution in [0.4, 0.5) is 23.1 Å². The Morgan fingerprint density at radius 3 is 2.48 bits per heavy atom. The van der Waals surface area contributed by atoms with Crippen molar-refractivity contribution in [1.29, 1.82) is 0 Å². The van der Waals surface area contributed by atoms with Crippen LogP contribution < -0.4 is 19.9 Å². The Morgan fingerprint density at radius 1 is 0.976 bits per heavy atom. The second kappa shape index (κ2) is 11.1. The van der Waals surface area contributed by atoms with Crippen molar-refractivity contribution in [3.8, 4) is 5.75 Å². The number of ether oxygens (including phenoxy) is 1. The molecule has 6 rings (SSSR count). The van der Waals surface area contributed by atoms with Crippen molar-refractivity contribution < 1.29 is 4.74 Å². The highest BCUT2D eigenvalue weighted by Gasteiger charge is 2.34. The second-order valence-corrected chi connectivity index (χ2v) is 13.4. The lowest BCUT2D eigenvalue weighted by Crippen LogP contribution is -2.41. The largest absolute Gasteiger partial charge is 0.497 e. The number of anilines is 4. The molecule has 2 fully saturated rings. The van der Waals surface area contributed by atoms with E-state index in [2.05, 4.69) is 104 Å². The number of hydrogen-bond donors (Lipinski definition) is 1. The van der Waals surface area contributed by atoms with Crippen molar-refractivity contribution >= 4 is 34.3 Å². The lowest BCUT2D eigenvalue weighted by atomic mass is 9.86. The highest BCUT2D eigenvalue weighted by Crippen LogP contribution is 2.36. The molecule has 2 unspecified atom stereocenters. The van der Waals surface area contributed by atoms with Gasteiger partial charge in [0.05, 0.1) is 13.4 Å². The molecule has 2 aliphatic rings. The van der Waals surface area contributed by atoms with Gasteiger partial charge in [-0.25, -0.2) is 4.98 Å². The molecule has 0 amide bonds. The predicted molar refractivity (Wildman–Crippen MR) is 173 cm³/mol. The molecule has 2 aliphatic heterocycles. The van der Waals surface area contributed by atoms with Crippen molar-refractivity contribution in [1.82, 2.24) is 19.5 Å². The number of imidazole rings is 1. The summed E-state index contributed by atoms with van der Waals surface area (Å²) in [4.78, 5) is 20.1. The third-order valence-electron chi connectivity index (χ3n) is 8.97. The summed E-state index contributed by atoms with van der Waals surface area (Å²) in [7, 11) is 1.72. The topological polar surface area (TPSA) is 71.3 Å². The fourth-order valence-corrected chi connectivity index (χ4v) is 6.45. The molecule has 2 aromatic carbocycles. The van der Waals surface area contributed by atoms with Crippen LogP contribution in [-0.2, 0) is 5.41 Å². The fraction of sp³-hybridized carbons (Fsp3) is 0.500. The number of aryl methyl sites for hydroxylation is 1. The van der Waals surface area contributed by atoms with E-state index in [9.17, 15) is 0 Å². The maximum Gasteiger partial charge on any atom is 0.229 e. The van der Waals surface area contributed by atoms with Crippen LogP contribution in [-0.4, -0.2) is 52.3 Å². The molecule has 4 heterocycles. The molecule has 1 N–H and O–H groups in total. The van der Waals surface area contributed by atoms with Gasteiger partial charge < -0.3 is 24.4 Å². The van der Waals surface area contributed by atoms with E-state index < -0.39 is 0 Å². The Bertz CT molecular complexity index is 1550. The normalized spacial score (nSPS) is 19.3. The molecule has 8 nitrogen and oxygen atoms in total. The van der Waals surface area contributed by atoms with Crippen LogP contribution >= 0.6 is 0 Å². The van der Waals surface area contributed by atoms with Gasteiger partial charge in [-0.15, -0.1) is 0 Å². The predicted octanol–water partition coefficient (Wildman–Crippen LogP) is 7.26. The maximum atomic E-state index is 5.42. The van der Waals surface area contributed by atoms with E-state index in [1.54, 1.807) is 7.11 Å². The average molecular weight is 568 g/mol. The summed E-state index contributed by atoms with van der Waals surface area (Å²) < 4.78 is 7.60. The number of rotatable bonds is 6. The molecule has 0 spiro atoms. The van der Waals surface area contributed by atoms with E-state index in [1.165, 1.54) is 29.7 Å². The Balaban J connectivity index is 1.39. The lowest BCUT2D eigenvalue weighted by molar-refractivity contribution is 0.414. The summed E-state index contributed by atoms with van der Waals surface area (Å²) in [6, 6.07) is 15.8. The fourth-order valence-electron chi connectivity index (χ4n) is 6.45. The molecular formula is C34H45N7O. The first-order valence-electron chi connectivity index (χ1n) is 15.4. The summed E-state index contributed by atoms with van der Waals surface area (Å²) >= 11 is 0. The number of aromatic nitrogens is 4. The highest BCUT2D eigenvalue weighted by molar-refractivity contribution is 5.87. The molecule has 2 aromatic heterocycles. The summed E-state index contributed by atoms with van der Waals surface area (Å²) in [6.07, 6.45) is 5.53. The summed E-state index contributed by atoms with van der Waals surface area (Å²) in [5, 5.41) is 3.74. The van der Waals surface area contributed by atoms with E-state index in [0.29, 0.717) is 12.0 Å². The zero-order chi connectivity index (χ0) is 29.6. The van der Waals surface area contributed by atoms with Crippen molar-refractivity contribution in [2.24, 2.45) is 5.92 Å². The molecule has 8 heteroatoms. The highest BCUT2D eigenvalue weighted by atomic mass is 16.5. The van der Waals surface area contributed by atoms with Crippen LogP contribution in [0.15, 0.2) is 48.8 Å². The van der Waals surface area contributed by atoms with Crippen molar-refractivity contribution in [2.45, 2.75) is 78.3 Å².